The number of halogens is 3. The zero-order valence-corrected chi connectivity index (χ0v) is 16.6. The lowest BCUT2D eigenvalue weighted by Crippen LogP contribution is -2.27. The standard InChI is InChI=1S/C18H25Cl2N3.ClH/c1-3-23(4-2)11-5-6-15(13-19)22-17-9-10-21-18-12-14(20)7-8-16(17)18;/h7-10,12,15H,3-6,11,13H2,1-2H3,(H,21,22);1H/t15-;/m1./s1. The maximum absolute atomic E-state index is 6.16. The molecule has 2 rings (SSSR count). The van der Waals surface area contributed by atoms with Crippen molar-refractivity contribution in [3.8, 4) is 0 Å². The third-order valence-corrected chi connectivity index (χ3v) is 4.78. The van der Waals surface area contributed by atoms with Gasteiger partial charge < -0.3 is 10.2 Å². The van der Waals surface area contributed by atoms with E-state index in [4.69, 9.17) is 23.2 Å². The summed E-state index contributed by atoms with van der Waals surface area (Å²) in [6.07, 6.45) is 4.00. The molecule has 0 fully saturated rings. The van der Waals surface area contributed by atoms with Crippen LogP contribution in [0.15, 0.2) is 30.5 Å². The highest BCUT2D eigenvalue weighted by molar-refractivity contribution is 6.31. The van der Waals surface area contributed by atoms with E-state index in [-0.39, 0.29) is 18.4 Å². The van der Waals surface area contributed by atoms with Gasteiger partial charge in [0.25, 0.3) is 0 Å². The van der Waals surface area contributed by atoms with Crippen molar-refractivity contribution in [3.63, 3.8) is 0 Å². The summed E-state index contributed by atoms with van der Waals surface area (Å²) in [5.41, 5.74) is 1.97. The molecule has 1 aromatic heterocycles. The summed E-state index contributed by atoms with van der Waals surface area (Å²) < 4.78 is 0. The molecule has 24 heavy (non-hydrogen) atoms. The largest absolute Gasteiger partial charge is 0.381 e. The molecule has 1 atom stereocenters. The van der Waals surface area contributed by atoms with Gasteiger partial charge in [-0.3, -0.25) is 4.98 Å². The molecule has 0 aliphatic heterocycles. The Balaban J connectivity index is 0.00000288. The molecule has 0 amide bonds. The van der Waals surface area contributed by atoms with Gasteiger partial charge in [0.05, 0.1) is 5.52 Å². The van der Waals surface area contributed by atoms with Crippen molar-refractivity contribution in [3.05, 3.63) is 35.5 Å². The first-order valence-corrected chi connectivity index (χ1v) is 9.18. The van der Waals surface area contributed by atoms with Crippen LogP contribution in [0.3, 0.4) is 0 Å². The normalized spacial score (nSPS) is 12.2. The predicted molar refractivity (Wildman–Crippen MR) is 109 cm³/mol. The van der Waals surface area contributed by atoms with Crippen LogP contribution in [0.2, 0.25) is 5.02 Å². The number of benzene rings is 1. The fraction of sp³-hybridized carbons (Fsp3) is 0.500. The molecule has 0 aliphatic rings. The van der Waals surface area contributed by atoms with Gasteiger partial charge in [-0.2, -0.15) is 0 Å². The number of rotatable bonds is 9. The average Bonchev–Trinajstić information content (AvgIpc) is 2.57. The molecule has 3 nitrogen and oxygen atoms in total. The molecule has 1 N–H and O–H groups in total. The van der Waals surface area contributed by atoms with Gasteiger partial charge in [-0.1, -0.05) is 25.4 Å². The molecule has 1 heterocycles. The van der Waals surface area contributed by atoms with Crippen molar-refractivity contribution in [2.45, 2.75) is 32.7 Å². The summed E-state index contributed by atoms with van der Waals surface area (Å²) in [5, 5.41) is 5.35. The van der Waals surface area contributed by atoms with E-state index in [9.17, 15) is 0 Å². The lowest BCUT2D eigenvalue weighted by atomic mass is 10.1. The van der Waals surface area contributed by atoms with E-state index in [1.165, 1.54) is 0 Å². The van der Waals surface area contributed by atoms with Crippen LogP contribution >= 0.6 is 35.6 Å². The number of pyridine rings is 1. The Morgan fingerprint density at radius 1 is 1.21 bits per heavy atom. The summed E-state index contributed by atoms with van der Waals surface area (Å²) in [7, 11) is 0. The minimum Gasteiger partial charge on any atom is -0.381 e. The molecular formula is C18H26Cl3N3. The summed E-state index contributed by atoms with van der Waals surface area (Å²) in [4.78, 5) is 6.82. The molecule has 0 saturated carbocycles. The predicted octanol–water partition coefficient (Wildman–Crippen LogP) is 5.45. The van der Waals surface area contributed by atoms with Gasteiger partial charge in [-0.25, -0.2) is 0 Å². The second kappa shape index (κ2) is 11.0. The molecule has 1 aromatic carbocycles. The van der Waals surface area contributed by atoms with E-state index in [1.807, 2.05) is 30.5 Å². The summed E-state index contributed by atoms with van der Waals surface area (Å²) >= 11 is 12.2. The van der Waals surface area contributed by atoms with E-state index in [0.717, 1.165) is 49.1 Å². The quantitative estimate of drug-likeness (QED) is 0.577. The van der Waals surface area contributed by atoms with Gasteiger partial charge in [0.1, 0.15) is 0 Å². The fourth-order valence-electron chi connectivity index (χ4n) is 2.76. The number of alkyl halides is 1. The Bertz CT molecular complexity index is 617. The third-order valence-electron chi connectivity index (χ3n) is 4.17. The molecule has 0 saturated heterocycles. The first kappa shape index (κ1) is 21.3. The Morgan fingerprint density at radius 3 is 2.62 bits per heavy atom. The Labute approximate surface area is 161 Å². The van der Waals surface area contributed by atoms with Gasteiger partial charge in [0.15, 0.2) is 0 Å². The van der Waals surface area contributed by atoms with Crippen LogP contribution in [0.4, 0.5) is 5.69 Å². The topological polar surface area (TPSA) is 28.2 Å². The summed E-state index contributed by atoms with van der Waals surface area (Å²) in [6.45, 7) is 7.73. The molecule has 134 valence electrons. The smallest absolute Gasteiger partial charge is 0.0737 e. The molecule has 2 aromatic rings. The maximum atomic E-state index is 6.16. The lowest BCUT2D eigenvalue weighted by molar-refractivity contribution is 0.295. The summed E-state index contributed by atoms with van der Waals surface area (Å²) in [5.74, 6) is 0.593. The Morgan fingerprint density at radius 2 is 1.96 bits per heavy atom. The molecular weight excluding hydrogens is 365 g/mol. The Hall–Kier alpha value is -0.740. The van der Waals surface area contributed by atoms with Crippen molar-refractivity contribution >= 4 is 52.2 Å². The van der Waals surface area contributed by atoms with Crippen molar-refractivity contribution in [1.82, 2.24) is 9.88 Å². The van der Waals surface area contributed by atoms with Crippen LogP contribution in [-0.2, 0) is 0 Å². The van der Waals surface area contributed by atoms with E-state index in [0.29, 0.717) is 10.9 Å². The highest BCUT2D eigenvalue weighted by Gasteiger charge is 2.10. The average molecular weight is 391 g/mol. The van der Waals surface area contributed by atoms with Crippen LogP contribution in [0.5, 0.6) is 0 Å². The van der Waals surface area contributed by atoms with Crippen molar-refractivity contribution in [2.24, 2.45) is 0 Å². The zero-order chi connectivity index (χ0) is 16.7. The second-order valence-corrected chi connectivity index (χ2v) is 6.43. The fourth-order valence-corrected chi connectivity index (χ4v) is 3.15. The molecule has 6 heteroatoms. The van der Waals surface area contributed by atoms with Crippen molar-refractivity contribution in [1.29, 1.82) is 0 Å². The van der Waals surface area contributed by atoms with Crippen LogP contribution in [0.1, 0.15) is 26.7 Å². The lowest BCUT2D eigenvalue weighted by Gasteiger charge is -2.22. The molecule has 0 radical (unpaired) electrons. The molecule has 0 bridgehead atoms. The minimum atomic E-state index is 0. The van der Waals surface area contributed by atoms with Crippen molar-refractivity contribution in [2.75, 3.05) is 30.8 Å². The minimum absolute atomic E-state index is 0. The van der Waals surface area contributed by atoms with E-state index in [1.54, 1.807) is 0 Å². The molecule has 0 unspecified atom stereocenters. The first-order valence-electron chi connectivity index (χ1n) is 8.27. The number of nitrogens with one attached hydrogen (secondary N) is 1. The van der Waals surface area contributed by atoms with Gasteiger partial charge in [0, 0.05) is 34.2 Å². The SMILES string of the molecule is CCN(CC)CCC[C@H](CCl)Nc1ccnc2cc(Cl)ccc12.Cl. The van der Waals surface area contributed by atoms with Gasteiger partial charge in [0.2, 0.25) is 0 Å². The summed E-state index contributed by atoms with van der Waals surface area (Å²) in [6, 6.07) is 8.05. The third kappa shape index (κ3) is 5.96. The number of aromatic nitrogens is 1. The van der Waals surface area contributed by atoms with Gasteiger partial charge >= 0.3 is 0 Å². The van der Waals surface area contributed by atoms with Gasteiger partial charge in [-0.05, 0) is 56.7 Å². The van der Waals surface area contributed by atoms with E-state index < -0.39 is 0 Å². The van der Waals surface area contributed by atoms with Crippen LogP contribution < -0.4 is 5.32 Å². The monoisotopic (exact) mass is 389 g/mol. The molecule has 0 spiro atoms. The second-order valence-electron chi connectivity index (χ2n) is 5.68. The highest BCUT2D eigenvalue weighted by Crippen LogP contribution is 2.25. The van der Waals surface area contributed by atoms with Crippen LogP contribution in [-0.4, -0.2) is 41.4 Å². The van der Waals surface area contributed by atoms with Crippen molar-refractivity contribution < 1.29 is 0 Å². The van der Waals surface area contributed by atoms with E-state index in [2.05, 4.69) is 29.0 Å². The number of nitrogens with zero attached hydrogens (tertiary/aromatic N) is 2. The maximum Gasteiger partial charge on any atom is 0.0737 e. The Kier molecular flexibility index (Phi) is 9.75. The molecule has 0 aliphatic carbocycles. The van der Waals surface area contributed by atoms with Crippen LogP contribution in [0.25, 0.3) is 10.9 Å². The zero-order valence-electron chi connectivity index (χ0n) is 14.3. The number of fused-ring (bicyclic) bond motifs is 1. The number of hydrogen-bond acceptors (Lipinski definition) is 3. The van der Waals surface area contributed by atoms with Gasteiger partial charge in [-0.15, -0.1) is 24.0 Å². The van der Waals surface area contributed by atoms with E-state index >= 15 is 0 Å². The highest BCUT2D eigenvalue weighted by atomic mass is 35.5. The van der Waals surface area contributed by atoms with Crippen LogP contribution in [0, 0.1) is 0 Å². The first-order chi connectivity index (χ1) is 11.2. The number of anilines is 1. The number of hydrogen-bond donors (Lipinski definition) is 1.